The summed E-state index contributed by atoms with van der Waals surface area (Å²) in [6.07, 6.45) is 0. The van der Waals surface area contributed by atoms with E-state index < -0.39 is 0 Å². The zero-order chi connectivity index (χ0) is 13.1. The van der Waals surface area contributed by atoms with Gasteiger partial charge in [-0.3, -0.25) is 0 Å². The third-order valence-corrected chi connectivity index (χ3v) is 4.29. The Morgan fingerprint density at radius 2 is 1.89 bits per heavy atom. The van der Waals surface area contributed by atoms with Crippen molar-refractivity contribution in [1.29, 1.82) is 0 Å². The summed E-state index contributed by atoms with van der Waals surface area (Å²) in [6.45, 7) is 0. The molecule has 1 atom stereocenters. The molecule has 1 unspecified atom stereocenters. The van der Waals surface area contributed by atoms with Crippen LogP contribution in [0.2, 0.25) is 0 Å². The summed E-state index contributed by atoms with van der Waals surface area (Å²) in [5.74, 6) is 0.809. The van der Waals surface area contributed by atoms with Crippen molar-refractivity contribution < 1.29 is 4.74 Å². The fourth-order valence-electron chi connectivity index (χ4n) is 1.68. The lowest BCUT2D eigenvalue weighted by atomic mass is 10.0. The summed E-state index contributed by atoms with van der Waals surface area (Å²) in [7, 11) is 1.65. The SMILES string of the molecule is COc1ccc(C(Cl)c2cccc(Br)c2)c(Br)c1. The third-order valence-electron chi connectivity index (χ3n) is 2.62. The predicted octanol–water partition coefficient (Wildman–Crippen LogP) is 5.55. The smallest absolute Gasteiger partial charge is 0.120 e. The van der Waals surface area contributed by atoms with E-state index in [9.17, 15) is 0 Å². The molecule has 4 heteroatoms. The Morgan fingerprint density at radius 3 is 2.50 bits per heavy atom. The van der Waals surface area contributed by atoms with Crippen molar-refractivity contribution in [2.75, 3.05) is 7.11 Å². The van der Waals surface area contributed by atoms with Crippen LogP contribution in [-0.4, -0.2) is 7.11 Å². The fraction of sp³-hybridized carbons (Fsp3) is 0.143. The van der Waals surface area contributed by atoms with Crippen molar-refractivity contribution in [2.45, 2.75) is 5.38 Å². The van der Waals surface area contributed by atoms with E-state index in [4.69, 9.17) is 16.3 Å². The van der Waals surface area contributed by atoms with Gasteiger partial charge in [-0.15, -0.1) is 11.6 Å². The molecule has 2 rings (SSSR count). The van der Waals surface area contributed by atoms with E-state index in [2.05, 4.69) is 31.9 Å². The zero-order valence-corrected chi connectivity index (χ0v) is 13.6. The normalized spacial score (nSPS) is 12.2. The second-order valence-corrected chi connectivity index (χ2v) is 6.01. The van der Waals surface area contributed by atoms with E-state index in [1.165, 1.54) is 0 Å². The van der Waals surface area contributed by atoms with Gasteiger partial charge in [0.05, 0.1) is 12.5 Å². The molecule has 0 fully saturated rings. The number of alkyl halides is 1. The van der Waals surface area contributed by atoms with Gasteiger partial charge in [-0.05, 0) is 35.4 Å². The van der Waals surface area contributed by atoms with Crippen LogP contribution >= 0.6 is 43.5 Å². The summed E-state index contributed by atoms with van der Waals surface area (Å²) in [5.41, 5.74) is 2.08. The van der Waals surface area contributed by atoms with Crippen molar-refractivity contribution >= 4 is 43.5 Å². The topological polar surface area (TPSA) is 9.23 Å². The number of methoxy groups -OCH3 is 1. The van der Waals surface area contributed by atoms with E-state index in [1.54, 1.807) is 7.11 Å². The minimum absolute atomic E-state index is 0.192. The predicted molar refractivity (Wildman–Crippen MR) is 82.5 cm³/mol. The number of halogens is 3. The van der Waals surface area contributed by atoms with E-state index in [0.717, 1.165) is 25.8 Å². The number of rotatable bonds is 3. The summed E-state index contributed by atoms with van der Waals surface area (Å²) in [4.78, 5) is 0. The molecule has 0 aliphatic rings. The highest BCUT2D eigenvalue weighted by Crippen LogP contribution is 2.36. The van der Waals surface area contributed by atoms with Crippen LogP contribution < -0.4 is 4.74 Å². The van der Waals surface area contributed by atoms with Gasteiger partial charge in [0, 0.05) is 8.95 Å². The molecule has 0 N–H and O–H groups in total. The number of hydrogen-bond acceptors (Lipinski definition) is 1. The highest BCUT2D eigenvalue weighted by molar-refractivity contribution is 9.10. The van der Waals surface area contributed by atoms with E-state index >= 15 is 0 Å². The molecule has 0 saturated carbocycles. The Bertz CT molecular complexity index is 557. The Hall–Kier alpha value is -0.510. The van der Waals surface area contributed by atoms with Crippen molar-refractivity contribution in [2.24, 2.45) is 0 Å². The van der Waals surface area contributed by atoms with E-state index in [-0.39, 0.29) is 5.38 Å². The first-order chi connectivity index (χ1) is 8.61. The fourth-order valence-corrected chi connectivity index (χ4v) is 3.15. The number of hydrogen-bond donors (Lipinski definition) is 0. The zero-order valence-electron chi connectivity index (χ0n) is 9.66. The maximum atomic E-state index is 6.51. The Morgan fingerprint density at radius 1 is 1.11 bits per heavy atom. The first-order valence-electron chi connectivity index (χ1n) is 5.35. The third kappa shape index (κ3) is 3.08. The van der Waals surface area contributed by atoms with Crippen molar-refractivity contribution in [3.63, 3.8) is 0 Å². The van der Waals surface area contributed by atoms with Gasteiger partial charge in [0.15, 0.2) is 0 Å². The molecular weight excluding hydrogens is 379 g/mol. The van der Waals surface area contributed by atoms with Gasteiger partial charge in [-0.2, -0.15) is 0 Å². The van der Waals surface area contributed by atoms with Gasteiger partial charge >= 0.3 is 0 Å². The van der Waals surface area contributed by atoms with Gasteiger partial charge in [-0.1, -0.05) is 50.1 Å². The second kappa shape index (κ2) is 6.09. The van der Waals surface area contributed by atoms with Crippen LogP contribution in [0.25, 0.3) is 0 Å². The second-order valence-electron chi connectivity index (χ2n) is 3.81. The molecule has 0 amide bonds. The van der Waals surface area contributed by atoms with Gasteiger partial charge in [-0.25, -0.2) is 0 Å². The molecule has 18 heavy (non-hydrogen) atoms. The lowest BCUT2D eigenvalue weighted by molar-refractivity contribution is 0.414. The average Bonchev–Trinajstić information content (AvgIpc) is 2.37. The van der Waals surface area contributed by atoms with Crippen LogP contribution in [0.4, 0.5) is 0 Å². The lowest BCUT2D eigenvalue weighted by Gasteiger charge is -2.13. The first-order valence-corrected chi connectivity index (χ1v) is 7.37. The van der Waals surface area contributed by atoms with E-state index in [0.29, 0.717) is 0 Å². The van der Waals surface area contributed by atoms with Crippen molar-refractivity contribution in [3.05, 3.63) is 62.5 Å². The maximum absolute atomic E-state index is 6.51. The molecule has 0 spiro atoms. The minimum atomic E-state index is -0.192. The Kier molecular flexibility index (Phi) is 4.71. The van der Waals surface area contributed by atoms with Gasteiger partial charge in [0.2, 0.25) is 0 Å². The van der Waals surface area contributed by atoms with Gasteiger partial charge < -0.3 is 4.74 Å². The molecule has 94 valence electrons. The molecule has 0 saturated heterocycles. The monoisotopic (exact) mass is 388 g/mol. The summed E-state index contributed by atoms with van der Waals surface area (Å²) in [5, 5.41) is -0.192. The van der Waals surface area contributed by atoms with Crippen LogP contribution in [0, 0.1) is 0 Å². The molecule has 0 heterocycles. The average molecular weight is 391 g/mol. The first kappa shape index (κ1) is 13.9. The van der Waals surface area contributed by atoms with Crippen molar-refractivity contribution in [1.82, 2.24) is 0 Å². The minimum Gasteiger partial charge on any atom is -0.497 e. The largest absolute Gasteiger partial charge is 0.497 e. The maximum Gasteiger partial charge on any atom is 0.120 e. The van der Waals surface area contributed by atoms with Crippen molar-refractivity contribution in [3.8, 4) is 5.75 Å². The molecular formula is C14H11Br2ClO. The van der Waals surface area contributed by atoms with Crippen LogP contribution in [0.5, 0.6) is 5.75 Å². The Labute approximate surface area is 128 Å². The Balaban J connectivity index is 2.37. The van der Waals surface area contributed by atoms with Crippen LogP contribution in [0.1, 0.15) is 16.5 Å². The molecule has 0 bridgehead atoms. The highest BCUT2D eigenvalue weighted by Gasteiger charge is 2.14. The van der Waals surface area contributed by atoms with Crippen LogP contribution in [0.15, 0.2) is 51.4 Å². The summed E-state index contributed by atoms with van der Waals surface area (Å²) >= 11 is 13.5. The van der Waals surface area contributed by atoms with E-state index in [1.807, 2.05) is 42.5 Å². The quantitative estimate of drug-likeness (QED) is 0.625. The number of benzene rings is 2. The van der Waals surface area contributed by atoms with Crippen LogP contribution in [-0.2, 0) is 0 Å². The van der Waals surface area contributed by atoms with Gasteiger partial charge in [0.1, 0.15) is 5.75 Å². The molecule has 0 aromatic heterocycles. The summed E-state index contributed by atoms with van der Waals surface area (Å²) < 4.78 is 7.14. The molecule has 2 aromatic rings. The van der Waals surface area contributed by atoms with Crippen LogP contribution in [0.3, 0.4) is 0 Å². The summed E-state index contributed by atoms with van der Waals surface area (Å²) in [6, 6.07) is 13.8. The standard InChI is InChI=1S/C14H11Br2ClO/c1-18-11-5-6-12(13(16)8-11)14(17)9-3-2-4-10(15)7-9/h2-8,14H,1H3. The molecule has 0 aliphatic heterocycles. The molecule has 2 aromatic carbocycles. The lowest BCUT2D eigenvalue weighted by Crippen LogP contribution is -1.95. The molecule has 0 aliphatic carbocycles. The highest BCUT2D eigenvalue weighted by atomic mass is 79.9. The molecule has 0 radical (unpaired) electrons. The number of ether oxygens (including phenoxy) is 1. The molecule has 1 nitrogen and oxygen atoms in total. The van der Waals surface area contributed by atoms with Gasteiger partial charge in [0.25, 0.3) is 0 Å².